The van der Waals surface area contributed by atoms with Crippen LogP contribution in [0.1, 0.15) is 12.8 Å². The third kappa shape index (κ3) is 1.98. The van der Waals surface area contributed by atoms with Gasteiger partial charge in [-0.15, -0.1) is 0 Å². The van der Waals surface area contributed by atoms with Crippen molar-refractivity contribution >= 4 is 22.4 Å². The Morgan fingerprint density at radius 2 is 1.75 bits per heavy atom. The molecule has 5 nitrogen and oxygen atoms in total. The Labute approximate surface area is 139 Å². The predicted octanol–water partition coefficient (Wildman–Crippen LogP) is 3.54. The summed E-state index contributed by atoms with van der Waals surface area (Å²) in [5.41, 5.74) is 4.07. The molecule has 0 amide bonds. The van der Waals surface area contributed by atoms with Gasteiger partial charge in [-0.05, 0) is 18.9 Å². The second-order valence-corrected chi connectivity index (χ2v) is 6.16. The molecule has 0 unspecified atom stereocenters. The number of para-hydroxylation sites is 1. The van der Waals surface area contributed by atoms with Crippen molar-refractivity contribution in [2.45, 2.75) is 12.8 Å². The van der Waals surface area contributed by atoms with Gasteiger partial charge in [-0.3, -0.25) is 9.38 Å². The predicted molar refractivity (Wildman–Crippen MR) is 95.2 cm³/mol. The molecular weight excluding hydrogens is 298 g/mol. The minimum absolute atomic E-state index is 0.919. The van der Waals surface area contributed by atoms with Gasteiger partial charge >= 0.3 is 0 Å². The van der Waals surface area contributed by atoms with Crippen LogP contribution in [0.2, 0.25) is 0 Å². The van der Waals surface area contributed by atoms with Crippen LogP contribution in [-0.4, -0.2) is 32.4 Å². The lowest BCUT2D eigenvalue weighted by molar-refractivity contribution is 0.928. The second-order valence-electron chi connectivity index (χ2n) is 6.16. The van der Waals surface area contributed by atoms with Gasteiger partial charge in [0.05, 0.1) is 17.4 Å². The number of anilines is 1. The van der Waals surface area contributed by atoms with Crippen molar-refractivity contribution in [2.24, 2.45) is 0 Å². The molecular formula is C19H17N5. The van der Waals surface area contributed by atoms with Gasteiger partial charge < -0.3 is 4.90 Å². The summed E-state index contributed by atoms with van der Waals surface area (Å²) in [5.74, 6) is 0.981. The maximum Gasteiger partial charge on any atom is 0.180 e. The number of hydrogen-bond donors (Lipinski definition) is 0. The minimum atomic E-state index is 0.919. The van der Waals surface area contributed by atoms with E-state index in [1.807, 2.05) is 30.9 Å². The Kier molecular flexibility index (Phi) is 2.98. The molecule has 0 saturated carbocycles. The summed E-state index contributed by atoms with van der Waals surface area (Å²) in [4.78, 5) is 16.2. The van der Waals surface area contributed by atoms with Crippen LogP contribution < -0.4 is 4.90 Å². The first-order valence-corrected chi connectivity index (χ1v) is 8.33. The molecule has 1 fully saturated rings. The van der Waals surface area contributed by atoms with Crippen LogP contribution in [0.4, 0.5) is 5.82 Å². The summed E-state index contributed by atoms with van der Waals surface area (Å²) < 4.78 is 2.13. The van der Waals surface area contributed by atoms with Gasteiger partial charge in [-0.2, -0.15) is 0 Å². The molecule has 118 valence electrons. The van der Waals surface area contributed by atoms with Crippen molar-refractivity contribution in [3.63, 3.8) is 0 Å². The monoisotopic (exact) mass is 315 g/mol. The van der Waals surface area contributed by atoms with E-state index in [2.05, 4.69) is 48.5 Å². The van der Waals surface area contributed by atoms with E-state index >= 15 is 0 Å². The summed E-state index contributed by atoms with van der Waals surface area (Å²) in [6.07, 6.45) is 10.1. The molecule has 1 aromatic carbocycles. The molecule has 0 atom stereocenters. The quantitative estimate of drug-likeness (QED) is 0.567. The number of pyridine rings is 1. The maximum atomic E-state index is 4.68. The average molecular weight is 315 g/mol. The Morgan fingerprint density at radius 1 is 0.875 bits per heavy atom. The molecule has 5 rings (SSSR count). The highest BCUT2D eigenvalue weighted by molar-refractivity contribution is 5.93. The first kappa shape index (κ1) is 13.5. The fourth-order valence-corrected chi connectivity index (χ4v) is 3.57. The van der Waals surface area contributed by atoms with Crippen LogP contribution in [-0.2, 0) is 0 Å². The molecule has 0 spiro atoms. The zero-order chi connectivity index (χ0) is 15.9. The van der Waals surface area contributed by atoms with E-state index in [1.165, 1.54) is 12.8 Å². The zero-order valence-electron chi connectivity index (χ0n) is 13.3. The van der Waals surface area contributed by atoms with E-state index in [4.69, 9.17) is 0 Å². The fourth-order valence-electron chi connectivity index (χ4n) is 3.57. The van der Waals surface area contributed by atoms with Gasteiger partial charge in [0.15, 0.2) is 11.5 Å². The number of aromatic nitrogens is 4. The largest absolute Gasteiger partial charge is 0.354 e. The second kappa shape index (κ2) is 5.30. The minimum Gasteiger partial charge on any atom is -0.354 e. The highest BCUT2D eigenvalue weighted by Gasteiger charge is 2.19. The van der Waals surface area contributed by atoms with Crippen LogP contribution in [0.25, 0.3) is 27.8 Å². The molecule has 1 aliphatic heterocycles. The molecule has 0 bridgehead atoms. The van der Waals surface area contributed by atoms with Gasteiger partial charge in [0.25, 0.3) is 0 Å². The van der Waals surface area contributed by atoms with Gasteiger partial charge in [-0.1, -0.05) is 24.3 Å². The lowest BCUT2D eigenvalue weighted by atomic mass is 10.1. The van der Waals surface area contributed by atoms with E-state index in [0.717, 1.165) is 46.7 Å². The highest BCUT2D eigenvalue weighted by atomic mass is 15.2. The summed E-state index contributed by atoms with van der Waals surface area (Å²) in [7, 11) is 0. The Balaban J connectivity index is 1.74. The molecule has 4 heterocycles. The molecule has 5 heteroatoms. The maximum absolute atomic E-state index is 4.68. The van der Waals surface area contributed by atoms with Crippen molar-refractivity contribution in [1.29, 1.82) is 0 Å². The third-order valence-corrected chi connectivity index (χ3v) is 4.72. The van der Waals surface area contributed by atoms with Gasteiger partial charge in [-0.25, -0.2) is 9.97 Å². The number of fused-ring (bicyclic) bond motifs is 2. The van der Waals surface area contributed by atoms with Crippen molar-refractivity contribution in [3.8, 4) is 11.3 Å². The topological polar surface area (TPSA) is 46.3 Å². The van der Waals surface area contributed by atoms with Crippen molar-refractivity contribution in [3.05, 3.63) is 55.1 Å². The molecule has 1 saturated heterocycles. The molecule has 3 aromatic heterocycles. The summed E-state index contributed by atoms with van der Waals surface area (Å²) in [6.45, 7) is 2.12. The van der Waals surface area contributed by atoms with Gasteiger partial charge in [0.1, 0.15) is 0 Å². The standard InChI is InChI=1S/C19H17N5/c1-2-11-23(10-1)18-19-22-13-16(24(19)12-9-21-18)15-7-3-5-14-6-4-8-20-17(14)15/h3-9,12-13H,1-2,10-11H2. The first-order chi connectivity index (χ1) is 11.9. The summed E-state index contributed by atoms with van der Waals surface area (Å²) in [6, 6.07) is 10.3. The van der Waals surface area contributed by atoms with E-state index in [1.54, 1.807) is 0 Å². The lowest BCUT2D eigenvalue weighted by Crippen LogP contribution is -2.19. The van der Waals surface area contributed by atoms with E-state index in [-0.39, 0.29) is 0 Å². The smallest absolute Gasteiger partial charge is 0.180 e. The molecule has 0 N–H and O–H groups in total. The highest BCUT2D eigenvalue weighted by Crippen LogP contribution is 2.30. The number of benzene rings is 1. The Morgan fingerprint density at radius 3 is 2.67 bits per heavy atom. The van der Waals surface area contributed by atoms with E-state index in [9.17, 15) is 0 Å². The van der Waals surface area contributed by atoms with Crippen LogP contribution in [0.3, 0.4) is 0 Å². The molecule has 0 aliphatic carbocycles. The molecule has 4 aromatic rings. The SMILES string of the molecule is c1cnc2c(-c3cnc4c(N5CCCC5)nccn34)cccc2c1. The van der Waals surface area contributed by atoms with E-state index in [0.29, 0.717) is 0 Å². The number of hydrogen-bond acceptors (Lipinski definition) is 4. The third-order valence-electron chi connectivity index (χ3n) is 4.72. The van der Waals surface area contributed by atoms with Crippen molar-refractivity contribution in [1.82, 2.24) is 19.4 Å². The average Bonchev–Trinajstić information content (AvgIpc) is 3.31. The normalized spacial score (nSPS) is 14.8. The van der Waals surface area contributed by atoms with Crippen LogP contribution >= 0.6 is 0 Å². The summed E-state index contributed by atoms with van der Waals surface area (Å²) >= 11 is 0. The summed E-state index contributed by atoms with van der Waals surface area (Å²) in [5, 5.41) is 1.14. The van der Waals surface area contributed by atoms with Crippen molar-refractivity contribution < 1.29 is 0 Å². The number of imidazole rings is 1. The first-order valence-electron chi connectivity index (χ1n) is 8.33. The molecule has 24 heavy (non-hydrogen) atoms. The lowest BCUT2D eigenvalue weighted by Gasteiger charge is -2.16. The van der Waals surface area contributed by atoms with Crippen LogP contribution in [0.5, 0.6) is 0 Å². The number of rotatable bonds is 2. The van der Waals surface area contributed by atoms with Crippen LogP contribution in [0.15, 0.2) is 55.1 Å². The van der Waals surface area contributed by atoms with Crippen LogP contribution in [0, 0.1) is 0 Å². The fraction of sp³-hybridized carbons (Fsp3) is 0.211. The molecule has 1 aliphatic rings. The zero-order valence-corrected chi connectivity index (χ0v) is 13.3. The van der Waals surface area contributed by atoms with Gasteiger partial charge in [0.2, 0.25) is 0 Å². The number of nitrogens with zero attached hydrogens (tertiary/aromatic N) is 5. The van der Waals surface area contributed by atoms with Crippen molar-refractivity contribution in [2.75, 3.05) is 18.0 Å². The Bertz CT molecular complexity index is 1020. The van der Waals surface area contributed by atoms with E-state index < -0.39 is 0 Å². The van der Waals surface area contributed by atoms with Gasteiger partial charge in [0, 0.05) is 42.6 Å². The Hall–Kier alpha value is -2.95. The molecule has 0 radical (unpaired) electrons.